The van der Waals surface area contributed by atoms with E-state index >= 15 is 0 Å². The van der Waals surface area contributed by atoms with Crippen molar-refractivity contribution in [3.63, 3.8) is 0 Å². The molecule has 2 N–H and O–H groups in total. The molecule has 2 rings (SSSR count). The quantitative estimate of drug-likeness (QED) is 0.620. The largest absolute Gasteiger partial charge is 0.380 e. The summed E-state index contributed by atoms with van der Waals surface area (Å²) in [6.07, 6.45) is 3.31. The van der Waals surface area contributed by atoms with Gasteiger partial charge in [0, 0.05) is 12.1 Å². The average molecular weight is 249 g/mol. The number of nitro benzene ring substituents is 1. The summed E-state index contributed by atoms with van der Waals surface area (Å²) in [5, 5.41) is 17.6. The van der Waals surface area contributed by atoms with Crippen LogP contribution in [0.25, 0.3) is 0 Å². The van der Waals surface area contributed by atoms with Crippen LogP contribution in [0.2, 0.25) is 0 Å². The zero-order valence-corrected chi connectivity index (χ0v) is 10.8. The van der Waals surface area contributed by atoms with Gasteiger partial charge in [0.05, 0.1) is 4.92 Å². The third-order valence-corrected chi connectivity index (χ3v) is 3.48. The number of hydrogen-bond donors (Lipinski definition) is 2. The Morgan fingerprint density at radius 1 is 1.39 bits per heavy atom. The molecular formula is C13H19N3O2. The predicted octanol–water partition coefficient (Wildman–Crippen LogP) is 3.38. The lowest BCUT2D eigenvalue weighted by Gasteiger charge is -2.40. The third kappa shape index (κ3) is 2.39. The van der Waals surface area contributed by atoms with Gasteiger partial charge in [-0.3, -0.25) is 10.1 Å². The summed E-state index contributed by atoms with van der Waals surface area (Å²) in [5.41, 5.74) is 1.35. The second-order valence-corrected chi connectivity index (χ2v) is 5.03. The number of rotatable bonds is 5. The summed E-state index contributed by atoms with van der Waals surface area (Å²) in [7, 11) is 0. The van der Waals surface area contributed by atoms with E-state index in [1.807, 2.05) is 13.0 Å². The Morgan fingerprint density at radius 3 is 2.56 bits per heavy atom. The Kier molecular flexibility index (Phi) is 3.41. The molecule has 18 heavy (non-hydrogen) atoms. The number of nitrogens with zero attached hydrogens (tertiary/aromatic N) is 1. The first-order valence-corrected chi connectivity index (χ1v) is 6.35. The second-order valence-electron chi connectivity index (χ2n) is 5.03. The molecule has 1 fully saturated rings. The minimum atomic E-state index is -0.317. The van der Waals surface area contributed by atoms with E-state index in [9.17, 15) is 10.1 Å². The van der Waals surface area contributed by atoms with E-state index in [0.29, 0.717) is 17.9 Å². The van der Waals surface area contributed by atoms with Crippen LogP contribution in [0.4, 0.5) is 17.1 Å². The highest BCUT2D eigenvalue weighted by atomic mass is 16.6. The van der Waals surface area contributed by atoms with Crippen LogP contribution in [0.5, 0.6) is 0 Å². The van der Waals surface area contributed by atoms with Gasteiger partial charge in [0.2, 0.25) is 0 Å². The van der Waals surface area contributed by atoms with Crippen LogP contribution in [0.15, 0.2) is 18.2 Å². The number of anilines is 2. The number of para-hydroxylation sites is 1. The van der Waals surface area contributed by atoms with Gasteiger partial charge >= 0.3 is 5.69 Å². The van der Waals surface area contributed by atoms with Gasteiger partial charge in [0.1, 0.15) is 11.4 Å². The smallest absolute Gasteiger partial charge is 0.315 e. The Balaban J connectivity index is 2.33. The van der Waals surface area contributed by atoms with E-state index in [0.717, 1.165) is 12.8 Å². The first-order chi connectivity index (χ1) is 8.56. The second kappa shape index (κ2) is 4.84. The Bertz CT molecular complexity index is 456. The van der Waals surface area contributed by atoms with E-state index in [4.69, 9.17) is 0 Å². The molecule has 0 atom stereocenters. The van der Waals surface area contributed by atoms with Crippen molar-refractivity contribution in [3.05, 3.63) is 28.3 Å². The molecule has 1 aromatic rings. The van der Waals surface area contributed by atoms with Gasteiger partial charge in [-0.2, -0.15) is 0 Å². The Labute approximate surface area is 107 Å². The summed E-state index contributed by atoms with van der Waals surface area (Å²) in [6, 6.07) is 5.37. The molecule has 0 bridgehead atoms. The van der Waals surface area contributed by atoms with E-state index in [2.05, 4.69) is 17.6 Å². The fourth-order valence-corrected chi connectivity index (χ4v) is 2.33. The molecule has 0 aliphatic heterocycles. The molecule has 0 saturated heterocycles. The molecule has 0 amide bonds. The minimum absolute atomic E-state index is 0.00952. The molecule has 98 valence electrons. The van der Waals surface area contributed by atoms with Crippen molar-refractivity contribution in [2.24, 2.45) is 0 Å². The predicted molar refractivity (Wildman–Crippen MR) is 73.1 cm³/mol. The molecule has 0 unspecified atom stereocenters. The molecule has 1 aromatic carbocycles. The van der Waals surface area contributed by atoms with Crippen molar-refractivity contribution in [1.29, 1.82) is 0 Å². The van der Waals surface area contributed by atoms with Crippen molar-refractivity contribution in [2.75, 3.05) is 17.2 Å². The number of nitrogens with one attached hydrogen (secondary N) is 2. The highest BCUT2D eigenvalue weighted by Crippen LogP contribution is 2.39. The van der Waals surface area contributed by atoms with Gasteiger partial charge in [-0.1, -0.05) is 6.07 Å². The maximum absolute atomic E-state index is 11.2. The third-order valence-electron chi connectivity index (χ3n) is 3.48. The molecule has 1 aliphatic carbocycles. The number of hydrogen-bond acceptors (Lipinski definition) is 4. The summed E-state index contributed by atoms with van der Waals surface area (Å²) in [6.45, 7) is 4.71. The van der Waals surface area contributed by atoms with E-state index < -0.39 is 0 Å². The lowest BCUT2D eigenvalue weighted by atomic mass is 9.78. The Morgan fingerprint density at radius 2 is 2.06 bits per heavy atom. The van der Waals surface area contributed by atoms with Crippen LogP contribution in [0.1, 0.15) is 33.1 Å². The van der Waals surface area contributed by atoms with Gasteiger partial charge in [-0.05, 0) is 45.2 Å². The van der Waals surface area contributed by atoms with Crippen LogP contribution < -0.4 is 10.6 Å². The summed E-state index contributed by atoms with van der Waals surface area (Å²) >= 11 is 0. The molecular weight excluding hydrogens is 230 g/mol. The fraction of sp³-hybridized carbons (Fsp3) is 0.538. The lowest BCUT2D eigenvalue weighted by molar-refractivity contribution is -0.383. The van der Waals surface area contributed by atoms with Crippen LogP contribution in [0.3, 0.4) is 0 Å². The zero-order chi connectivity index (χ0) is 13.2. The first-order valence-electron chi connectivity index (χ1n) is 6.35. The molecule has 5 heteroatoms. The fourth-order valence-electron chi connectivity index (χ4n) is 2.33. The monoisotopic (exact) mass is 249 g/mol. The maximum atomic E-state index is 11.2. The molecule has 5 nitrogen and oxygen atoms in total. The van der Waals surface area contributed by atoms with Crippen molar-refractivity contribution >= 4 is 17.1 Å². The van der Waals surface area contributed by atoms with Crippen molar-refractivity contribution in [2.45, 2.75) is 38.6 Å². The summed E-state index contributed by atoms with van der Waals surface area (Å²) in [4.78, 5) is 10.9. The van der Waals surface area contributed by atoms with Crippen molar-refractivity contribution in [1.82, 2.24) is 0 Å². The maximum Gasteiger partial charge on any atom is 0.315 e. The summed E-state index contributed by atoms with van der Waals surface area (Å²) < 4.78 is 0. The van der Waals surface area contributed by atoms with Gasteiger partial charge < -0.3 is 10.6 Å². The lowest BCUT2D eigenvalue weighted by Crippen LogP contribution is -2.41. The molecule has 0 heterocycles. The molecule has 1 aliphatic rings. The van der Waals surface area contributed by atoms with Crippen LogP contribution in [0, 0.1) is 10.1 Å². The van der Waals surface area contributed by atoms with Crippen LogP contribution in [-0.2, 0) is 0 Å². The van der Waals surface area contributed by atoms with Crippen molar-refractivity contribution in [3.8, 4) is 0 Å². The zero-order valence-electron chi connectivity index (χ0n) is 10.8. The number of nitro groups is 1. The summed E-state index contributed by atoms with van der Waals surface area (Å²) in [5.74, 6) is 0. The van der Waals surface area contributed by atoms with Gasteiger partial charge in [-0.25, -0.2) is 0 Å². The van der Waals surface area contributed by atoms with Gasteiger partial charge in [0.15, 0.2) is 0 Å². The highest BCUT2D eigenvalue weighted by molar-refractivity contribution is 5.76. The SMILES string of the molecule is CCNc1cccc(NC2(C)CCC2)c1[N+](=O)[O-]. The van der Waals surface area contributed by atoms with Crippen LogP contribution >= 0.6 is 0 Å². The topological polar surface area (TPSA) is 67.2 Å². The van der Waals surface area contributed by atoms with Crippen LogP contribution in [-0.4, -0.2) is 17.0 Å². The normalized spacial score (nSPS) is 16.8. The van der Waals surface area contributed by atoms with Gasteiger partial charge in [0.25, 0.3) is 0 Å². The average Bonchev–Trinajstić information content (AvgIpc) is 2.27. The molecule has 0 aromatic heterocycles. The molecule has 0 spiro atoms. The van der Waals surface area contributed by atoms with Gasteiger partial charge in [-0.15, -0.1) is 0 Å². The minimum Gasteiger partial charge on any atom is -0.380 e. The Hall–Kier alpha value is -1.78. The van der Waals surface area contributed by atoms with E-state index in [1.54, 1.807) is 12.1 Å². The standard InChI is InChI=1S/C13H19N3O2/c1-3-14-10-6-4-7-11(12(10)16(17)18)15-13(2)8-5-9-13/h4,6-7,14-15H,3,5,8-9H2,1-2H3. The molecule has 0 radical (unpaired) electrons. The van der Waals surface area contributed by atoms with E-state index in [1.165, 1.54) is 6.42 Å². The van der Waals surface area contributed by atoms with Crippen molar-refractivity contribution < 1.29 is 4.92 Å². The number of benzene rings is 1. The highest BCUT2D eigenvalue weighted by Gasteiger charge is 2.33. The molecule has 1 saturated carbocycles. The van der Waals surface area contributed by atoms with E-state index in [-0.39, 0.29) is 16.1 Å². The first kappa shape index (κ1) is 12.7.